The summed E-state index contributed by atoms with van der Waals surface area (Å²) in [5.41, 5.74) is 1.27. The normalized spacial score (nSPS) is 15.4. The van der Waals surface area contributed by atoms with Crippen LogP contribution in [0.15, 0.2) is 54.6 Å². The van der Waals surface area contributed by atoms with Gasteiger partial charge in [-0.05, 0) is 41.8 Å². The summed E-state index contributed by atoms with van der Waals surface area (Å²) in [7, 11) is 3.04. The lowest BCUT2D eigenvalue weighted by Gasteiger charge is -2.23. The van der Waals surface area contributed by atoms with Gasteiger partial charge in [-0.3, -0.25) is 9.69 Å². The molecular formula is C25H25ClN2O5. The molecule has 8 heteroatoms. The summed E-state index contributed by atoms with van der Waals surface area (Å²) in [5, 5.41) is 5.45. The molecule has 1 fully saturated rings. The van der Waals surface area contributed by atoms with Crippen molar-refractivity contribution >= 4 is 40.1 Å². The first-order valence-electron chi connectivity index (χ1n) is 10.6. The molecule has 33 heavy (non-hydrogen) atoms. The van der Waals surface area contributed by atoms with E-state index in [0.29, 0.717) is 40.7 Å². The molecule has 0 radical (unpaired) electrons. The number of hydrogen-bond acceptors (Lipinski definition) is 5. The van der Waals surface area contributed by atoms with E-state index in [-0.39, 0.29) is 12.5 Å². The van der Waals surface area contributed by atoms with Crippen LogP contribution in [0.3, 0.4) is 0 Å². The summed E-state index contributed by atoms with van der Waals surface area (Å²) in [6.07, 6.45) is 0.741. The van der Waals surface area contributed by atoms with Crippen molar-refractivity contribution in [3.05, 3.63) is 65.2 Å². The largest absolute Gasteiger partial charge is 0.493 e. The molecule has 1 unspecified atom stereocenters. The van der Waals surface area contributed by atoms with Crippen molar-refractivity contribution < 1.29 is 23.8 Å². The molecule has 0 spiro atoms. The number of anilines is 1. The van der Waals surface area contributed by atoms with Gasteiger partial charge >= 0.3 is 6.09 Å². The van der Waals surface area contributed by atoms with Crippen molar-refractivity contribution in [2.45, 2.75) is 25.5 Å². The maximum atomic E-state index is 12.9. The number of carbonyl (C=O) groups is 2. The Hall–Kier alpha value is -3.45. The van der Waals surface area contributed by atoms with E-state index in [1.165, 1.54) is 19.1 Å². The zero-order valence-electron chi connectivity index (χ0n) is 18.5. The summed E-state index contributed by atoms with van der Waals surface area (Å²) in [4.78, 5) is 27.2. The minimum absolute atomic E-state index is 0.0481. The lowest BCUT2D eigenvalue weighted by molar-refractivity contribution is -0.120. The number of fused-ring (bicyclic) bond motifs is 1. The molecule has 0 aliphatic carbocycles. The second-order valence-electron chi connectivity index (χ2n) is 7.76. The van der Waals surface area contributed by atoms with Crippen LogP contribution in [0.25, 0.3) is 10.8 Å². The molecule has 172 valence electrons. The molecule has 1 aliphatic rings. The number of amides is 2. The number of ether oxygens (including phenoxy) is 3. The van der Waals surface area contributed by atoms with Crippen molar-refractivity contribution in [2.24, 2.45) is 0 Å². The number of methoxy groups -OCH3 is 2. The van der Waals surface area contributed by atoms with E-state index in [2.05, 4.69) is 5.32 Å². The average molecular weight is 469 g/mol. The van der Waals surface area contributed by atoms with Crippen LogP contribution in [0.1, 0.15) is 18.4 Å². The van der Waals surface area contributed by atoms with Crippen molar-refractivity contribution in [3.63, 3.8) is 0 Å². The Labute approximate surface area is 197 Å². The van der Waals surface area contributed by atoms with Gasteiger partial charge in [-0.25, -0.2) is 4.79 Å². The lowest BCUT2D eigenvalue weighted by Crippen LogP contribution is -2.43. The van der Waals surface area contributed by atoms with Crippen LogP contribution in [-0.2, 0) is 16.1 Å². The second-order valence-corrected chi connectivity index (χ2v) is 8.16. The number of nitrogens with zero attached hydrogens (tertiary/aromatic N) is 1. The van der Waals surface area contributed by atoms with E-state index >= 15 is 0 Å². The molecule has 0 bridgehead atoms. The predicted molar refractivity (Wildman–Crippen MR) is 127 cm³/mol. The highest BCUT2D eigenvalue weighted by Gasteiger charge is 2.35. The van der Waals surface area contributed by atoms with Crippen LogP contribution in [0.4, 0.5) is 10.5 Å². The minimum Gasteiger partial charge on any atom is -0.493 e. The van der Waals surface area contributed by atoms with Crippen molar-refractivity contribution in [1.29, 1.82) is 0 Å². The number of hydrogen-bond donors (Lipinski definition) is 1. The lowest BCUT2D eigenvalue weighted by atomic mass is 10.1. The monoisotopic (exact) mass is 468 g/mol. The summed E-state index contributed by atoms with van der Waals surface area (Å²) in [5.74, 6) is 0.744. The van der Waals surface area contributed by atoms with Crippen molar-refractivity contribution in [2.75, 3.05) is 26.1 Å². The summed E-state index contributed by atoms with van der Waals surface area (Å²) < 4.78 is 16.0. The molecule has 1 saturated heterocycles. The quantitative estimate of drug-likeness (QED) is 0.534. The highest BCUT2D eigenvalue weighted by molar-refractivity contribution is 6.31. The SMILES string of the molecule is COc1cc(Cl)c(COC(=O)N2CCCC2C(=O)Nc2ccc3ccccc3c2)cc1OC. The highest BCUT2D eigenvalue weighted by atomic mass is 35.5. The molecule has 1 heterocycles. The van der Waals surface area contributed by atoms with Crippen LogP contribution >= 0.6 is 11.6 Å². The van der Waals surface area contributed by atoms with Gasteiger partial charge in [0.05, 0.1) is 19.2 Å². The molecule has 3 aromatic rings. The van der Waals surface area contributed by atoms with Crippen LogP contribution in [-0.4, -0.2) is 43.7 Å². The van der Waals surface area contributed by atoms with Gasteiger partial charge < -0.3 is 19.5 Å². The Kier molecular flexibility index (Phi) is 6.89. The Bertz CT molecular complexity index is 1180. The van der Waals surface area contributed by atoms with E-state index in [1.54, 1.807) is 12.1 Å². The van der Waals surface area contributed by atoms with Crippen LogP contribution < -0.4 is 14.8 Å². The molecule has 0 saturated carbocycles. The Morgan fingerprint density at radius 1 is 1.03 bits per heavy atom. The fourth-order valence-corrected chi connectivity index (χ4v) is 4.19. The third-order valence-corrected chi connectivity index (χ3v) is 6.06. The van der Waals surface area contributed by atoms with Crippen LogP contribution in [0, 0.1) is 0 Å². The average Bonchev–Trinajstić information content (AvgIpc) is 3.33. The molecule has 0 aromatic heterocycles. The van der Waals surface area contributed by atoms with Gasteiger partial charge in [0.15, 0.2) is 11.5 Å². The number of halogens is 1. The molecule has 1 atom stereocenters. The first-order valence-corrected chi connectivity index (χ1v) is 11.0. The zero-order chi connectivity index (χ0) is 23.4. The smallest absolute Gasteiger partial charge is 0.410 e. The number of benzene rings is 3. The van der Waals surface area contributed by atoms with Crippen molar-refractivity contribution in [3.8, 4) is 11.5 Å². The minimum atomic E-state index is -0.593. The van der Waals surface area contributed by atoms with Crippen LogP contribution in [0.2, 0.25) is 5.02 Å². The van der Waals surface area contributed by atoms with Gasteiger partial charge in [0.25, 0.3) is 0 Å². The predicted octanol–water partition coefficient (Wildman–Crippen LogP) is 5.25. The van der Waals surface area contributed by atoms with Gasteiger partial charge in [-0.1, -0.05) is 41.9 Å². The summed E-state index contributed by atoms with van der Waals surface area (Å²) in [6, 6.07) is 16.3. The number of nitrogens with one attached hydrogen (secondary N) is 1. The maximum absolute atomic E-state index is 12.9. The Balaban J connectivity index is 1.41. The Morgan fingerprint density at radius 2 is 1.76 bits per heavy atom. The van der Waals surface area contributed by atoms with E-state index in [1.807, 2.05) is 42.5 Å². The molecule has 4 rings (SSSR count). The van der Waals surface area contributed by atoms with Crippen LogP contribution in [0.5, 0.6) is 11.5 Å². The van der Waals surface area contributed by atoms with E-state index in [4.69, 9.17) is 25.8 Å². The molecule has 3 aromatic carbocycles. The van der Waals surface area contributed by atoms with Gasteiger partial charge in [-0.2, -0.15) is 0 Å². The van der Waals surface area contributed by atoms with Gasteiger partial charge in [0.1, 0.15) is 12.6 Å². The van der Waals surface area contributed by atoms with Crippen molar-refractivity contribution in [1.82, 2.24) is 4.90 Å². The maximum Gasteiger partial charge on any atom is 0.410 e. The van der Waals surface area contributed by atoms with E-state index < -0.39 is 12.1 Å². The summed E-state index contributed by atoms with van der Waals surface area (Å²) in [6.45, 7) is 0.405. The van der Waals surface area contributed by atoms with Gasteiger partial charge in [0.2, 0.25) is 5.91 Å². The molecular weight excluding hydrogens is 444 g/mol. The first-order chi connectivity index (χ1) is 16.0. The first kappa shape index (κ1) is 22.7. The standard InChI is InChI=1S/C25H25ClN2O5/c1-31-22-13-18(20(26)14-23(22)32-2)15-33-25(30)28-11-5-8-21(28)24(29)27-19-10-9-16-6-3-4-7-17(16)12-19/h3-4,6-7,9-10,12-14,21H,5,8,11,15H2,1-2H3,(H,27,29). The molecule has 1 N–H and O–H groups in total. The second kappa shape index (κ2) is 10.0. The Morgan fingerprint density at radius 3 is 2.52 bits per heavy atom. The third kappa shape index (κ3) is 4.98. The van der Waals surface area contributed by atoms with Gasteiger partial charge in [-0.15, -0.1) is 0 Å². The molecule has 2 amide bonds. The fraction of sp³-hybridized carbons (Fsp3) is 0.280. The number of rotatable bonds is 6. The molecule has 7 nitrogen and oxygen atoms in total. The van der Waals surface area contributed by atoms with E-state index in [9.17, 15) is 9.59 Å². The number of likely N-dealkylation sites (tertiary alicyclic amines) is 1. The van der Waals surface area contributed by atoms with E-state index in [0.717, 1.165) is 17.2 Å². The fourth-order valence-electron chi connectivity index (χ4n) is 3.98. The molecule has 1 aliphatic heterocycles. The zero-order valence-corrected chi connectivity index (χ0v) is 19.2. The summed E-state index contributed by atoms with van der Waals surface area (Å²) >= 11 is 6.29. The highest BCUT2D eigenvalue weighted by Crippen LogP contribution is 2.33. The number of carbonyl (C=O) groups excluding carboxylic acids is 2. The van der Waals surface area contributed by atoms with Gasteiger partial charge in [0, 0.05) is 23.9 Å². The topological polar surface area (TPSA) is 77.1 Å². The third-order valence-electron chi connectivity index (χ3n) is 5.71.